The molecule has 6 heteroatoms. The van der Waals surface area contributed by atoms with E-state index in [-0.39, 0.29) is 17.2 Å². The van der Waals surface area contributed by atoms with E-state index in [9.17, 15) is 9.59 Å². The van der Waals surface area contributed by atoms with Crippen LogP contribution in [0.3, 0.4) is 0 Å². The summed E-state index contributed by atoms with van der Waals surface area (Å²) in [5.74, 6) is -0.313. The van der Waals surface area contributed by atoms with Crippen molar-refractivity contribution >= 4 is 11.8 Å². The van der Waals surface area contributed by atoms with Crippen LogP contribution in [0.25, 0.3) is 0 Å². The number of imide groups is 1. The number of rotatable bonds is 2. The Labute approximate surface area is 130 Å². The van der Waals surface area contributed by atoms with Gasteiger partial charge < -0.3 is 9.47 Å². The molecule has 3 heterocycles. The first-order chi connectivity index (χ1) is 10.6. The van der Waals surface area contributed by atoms with E-state index in [1.165, 1.54) is 4.90 Å². The van der Waals surface area contributed by atoms with Gasteiger partial charge in [0, 0.05) is 32.4 Å². The van der Waals surface area contributed by atoms with Gasteiger partial charge in [0.1, 0.15) is 0 Å². The van der Waals surface area contributed by atoms with Crippen LogP contribution in [0.2, 0.25) is 0 Å². The summed E-state index contributed by atoms with van der Waals surface area (Å²) in [5, 5.41) is 0. The molecule has 4 fully saturated rings. The Kier molecular flexibility index (Phi) is 3.51. The molecule has 22 heavy (non-hydrogen) atoms. The number of hydrogen-bond donors (Lipinski definition) is 0. The maximum atomic E-state index is 12.7. The molecule has 0 aromatic rings. The molecule has 0 atom stereocenters. The zero-order valence-corrected chi connectivity index (χ0v) is 13.0. The number of piperidine rings is 1. The Morgan fingerprint density at radius 1 is 0.955 bits per heavy atom. The van der Waals surface area contributed by atoms with Crippen LogP contribution in [0.1, 0.15) is 44.9 Å². The van der Waals surface area contributed by atoms with E-state index in [0.29, 0.717) is 26.3 Å². The van der Waals surface area contributed by atoms with Crippen LogP contribution in [-0.4, -0.2) is 60.4 Å². The lowest BCUT2D eigenvalue weighted by Crippen LogP contribution is -2.50. The van der Waals surface area contributed by atoms with Crippen LogP contribution in [-0.2, 0) is 19.1 Å². The van der Waals surface area contributed by atoms with Crippen molar-refractivity contribution in [1.29, 1.82) is 0 Å². The van der Waals surface area contributed by atoms with Gasteiger partial charge in [-0.25, -0.2) is 0 Å². The Hall–Kier alpha value is -0.980. The molecule has 122 valence electrons. The minimum Gasteiger partial charge on any atom is -0.347 e. The molecule has 2 spiro atoms. The summed E-state index contributed by atoms with van der Waals surface area (Å²) in [6.07, 6.45) is 5.98. The molecule has 0 aromatic heterocycles. The van der Waals surface area contributed by atoms with Gasteiger partial charge in [0.05, 0.1) is 25.3 Å². The zero-order chi connectivity index (χ0) is 15.2. The smallest absolute Gasteiger partial charge is 0.237 e. The van der Waals surface area contributed by atoms with Crippen LogP contribution in [0.15, 0.2) is 0 Å². The molecule has 0 unspecified atom stereocenters. The van der Waals surface area contributed by atoms with Crippen LogP contribution in [0.5, 0.6) is 0 Å². The molecule has 0 aromatic carbocycles. The summed E-state index contributed by atoms with van der Waals surface area (Å²) in [7, 11) is 0. The largest absolute Gasteiger partial charge is 0.347 e. The van der Waals surface area contributed by atoms with E-state index >= 15 is 0 Å². The summed E-state index contributed by atoms with van der Waals surface area (Å²) in [5.41, 5.74) is -0.355. The molecule has 3 saturated heterocycles. The number of hydrogen-bond acceptors (Lipinski definition) is 5. The third-order valence-electron chi connectivity index (χ3n) is 5.82. The van der Waals surface area contributed by atoms with Crippen LogP contribution >= 0.6 is 0 Å². The van der Waals surface area contributed by atoms with Gasteiger partial charge in [-0.1, -0.05) is 12.8 Å². The highest BCUT2D eigenvalue weighted by Crippen LogP contribution is 2.47. The van der Waals surface area contributed by atoms with Crippen LogP contribution in [0.4, 0.5) is 0 Å². The molecule has 1 saturated carbocycles. The number of ether oxygens (including phenoxy) is 2. The maximum absolute atomic E-state index is 12.7. The first-order valence-corrected chi connectivity index (χ1v) is 8.48. The molecule has 1 aliphatic carbocycles. The van der Waals surface area contributed by atoms with Gasteiger partial charge in [0.2, 0.25) is 11.8 Å². The SMILES string of the molecule is O=C1CC2(CCCC2)C(=O)N1CN1CCC2(CC1)OCCO2. The Bertz CT molecular complexity index is 471. The van der Waals surface area contributed by atoms with Crippen LogP contribution < -0.4 is 0 Å². The Morgan fingerprint density at radius 2 is 1.59 bits per heavy atom. The van der Waals surface area contributed by atoms with Crippen molar-refractivity contribution in [3.8, 4) is 0 Å². The zero-order valence-electron chi connectivity index (χ0n) is 13.0. The number of carbonyl (C=O) groups excluding carboxylic acids is 2. The molecule has 0 radical (unpaired) electrons. The van der Waals surface area contributed by atoms with Gasteiger partial charge in [-0.15, -0.1) is 0 Å². The lowest BCUT2D eigenvalue weighted by Gasteiger charge is -2.38. The minimum absolute atomic E-state index is 0.0144. The van der Waals surface area contributed by atoms with Gasteiger partial charge in [0.25, 0.3) is 0 Å². The molecule has 0 bridgehead atoms. The molecule has 0 N–H and O–H groups in total. The van der Waals surface area contributed by atoms with E-state index in [4.69, 9.17) is 9.47 Å². The van der Waals surface area contributed by atoms with Gasteiger partial charge in [-0.05, 0) is 12.8 Å². The van der Waals surface area contributed by atoms with Crippen molar-refractivity contribution in [2.24, 2.45) is 5.41 Å². The normalized spacial score (nSPS) is 31.0. The molecule has 6 nitrogen and oxygen atoms in total. The number of likely N-dealkylation sites (tertiary alicyclic amines) is 2. The van der Waals surface area contributed by atoms with Crippen molar-refractivity contribution < 1.29 is 19.1 Å². The van der Waals surface area contributed by atoms with E-state index in [1.54, 1.807) is 0 Å². The summed E-state index contributed by atoms with van der Waals surface area (Å²) < 4.78 is 11.4. The molecule has 2 amide bonds. The van der Waals surface area contributed by atoms with Gasteiger partial charge >= 0.3 is 0 Å². The molecule has 4 aliphatic rings. The first-order valence-electron chi connectivity index (χ1n) is 8.48. The highest BCUT2D eigenvalue weighted by atomic mass is 16.7. The van der Waals surface area contributed by atoms with Gasteiger partial charge in [-0.3, -0.25) is 19.4 Å². The Balaban J connectivity index is 1.38. The monoisotopic (exact) mass is 308 g/mol. The van der Waals surface area contributed by atoms with Gasteiger partial charge in [-0.2, -0.15) is 0 Å². The number of amides is 2. The average Bonchev–Trinajstić information content (AvgIpc) is 3.21. The van der Waals surface area contributed by atoms with Crippen molar-refractivity contribution in [3.63, 3.8) is 0 Å². The van der Waals surface area contributed by atoms with Crippen molar-refractivity contribution in [1.82, 2.24) is 9.80 Å². The standard InChI is InChI=1S/C16H24N2O4/c19-13-11-15(3-1-2-4-15)14(20)18(13)12-17-7-5-16(6-8-17)21-9-10-22-16/h1-12H2. The average molecular weight is 308 g/mol. The lowest BCUT2D eigenvalue weighted by molar-refractivity contribution is -0.187. The van der Waals surface area contributed by atoms with E-state index in [1.807, 2.05) is 0 Å². The Morgan fingerprint density at radius 3 is 2.23 bits per heavy atom. The summed E-state index contributed by atoms with van der Waals surface area (Å²) in [4.78, 5) is 28.7. The van der Waals surface area contributed by atoms with Crippen molar-refractivity contribution in [2.75, 3.05) is 33.0 Å². The fraction of sp³-hybridized carbons (Fsp3) is 0.875. The quantitative estimate of drug-likeness (QED) is 0.715. The highest BCUT2D eigenvalue weighted by Gasteiger charge is 2.53. The van der Waals surface area contributed by atoms with E-state index in [0.717, 1.165) is 51.6 Å². The second-order valence-electron chi connectivity index (χ2n) is 7.16. The fourth-order valence-electron chi connectivity index (χ4n) is 4.47. The fourth-order valence-corrected chi connectivity index (χ4v) is 4.47. The highest BCUT2D eigenvalue weighted by molar-refractivity contribution is 6.06. The first kappa shape index (κ1) is 14.6. The second-order valence-corrected chi connectivity index (χ2v) is 7.16. The lowest BCUT2D eigenvalue weighted by atomic mass is 9.85. The summed E-state index contributed by atoms with van der Waals surface area (Å²) in [6.45, 7) is 3.40. The summed E-state index contributed by atoms with van der Waals surface area (Å²) >= 11 is 0. The van der Waals surface area contributed by atoms with Gasteiger partial charge in [0.15, 0.2) is 5.79 Å². The molecule has 3 aliphatic heterocycles. The number of carbonyl (C=O) groups is 2. The third kappa shape index (κ3) is 2.28. The maximum Gasteiger partial charge on any atom is 0.237 e. The predicted octanol–water partition coefficient (Wildman–Crippen LogP) is 1.10. The predicted molar refractivity (Wildman–Crippen MR) is 77.7 cm³/mol. The molecular formula is C16H24N2O4. The second kappa shape index (κ2) is 5.28. The molecular weight excluding hydrogens is 284 g/mol. The number of nitrogens with zero attached hydrogens (tertiary/aromatic N) is 2. The van der Waals surface area contributed by atoms with E-state index < -0.39 is 5.79 Å². The topological polar surface area (TPSA) is 59.1 Å². The minimum atomic E-state index is -0.401. The summed E-state index contributed by atoms with van der Waals surface area (Å²) in [6, 6.07) is 0. The molecule has 4 rings (SSSR count). The van der Waals surface area contributed by atoms with Crippen molar-refractivity contribution in [2.45, 2.75) is 50.7 Å². The van der Waals surface area contributed by atoms with Crippen molar-refractivity contribution in [3.05, 3.63) is 0 Å². The van der Waals surface area contributed by atoms with E-state index in [2.05, 4.69) is 4.90 Å². The third-order valence-corrected chi connectivity index (χ3v) is 5.82. The van der Waals surface area contributed by atoms with Crippen LogP contribution in [0, 0.1) is 5.41 Å².